The van der Waals surface area contributed by atoms with Crippen LogP contribution >= 0.6 is 0 Å². The summed E-state index contributed by atoms with van der Waals surface area (Å²) in [5.74, 6) is -1.82. The molecule has 3 amide bonds. The van der Waals surface area contributed by atoms with E-state index in [1.165, 1.54) is 11.0 Å². The molecule has 0 unspecified atom stereocenters. The Balaban J connectivity index is 1.33. The number of rotatable bonds is 3. The van der Waals surface area contributed by atoms with Crippen LogP contribution in [0.25, 0.3) is 5.57 Å². The number of phenols is 1. The Labute approximate surface area is 171 Å². The van der Waals surface area contributed by atoms with E-state index < -0.39 is 17.7 Å². The molecule has 2 bridgehead atoms. The van der Waals surface area contributed by atoms with Gasteiger partial charge in [0.05, 0.1) is 18.3 Å². The van der Waals surface area contributed by atoms with Crippen molar-refractivity contribution in [2.75, 3.05) is 18.4 Å². The van der Waals surface area contributed by atoms with Gasteiger partial charge < -0.3 is 20.2 Å². The third kappa shape index (κ3) is 2.99. The van der Waals surface area contributed by atoms with E-state index in [1.54, 1.807) is 17.0 Å². The SMILES string of the molecule is O=C1Nc2ccc(F)c(F)c2CN1CC(=O)N1C[C@@H]2C=C(c3ccc(O)cc3)[C@H]1C2. The number of benzene rings is 2. The number of halogens is 2. The summed E-state index contributed by atoms with van der Waals surface area (Å²) in [6.45, 7) is 0.187. The van der Waals surface area contributed by atoms with E-state index >= 15 is 0 Å². The fraction of sp³-hybridized carbons (Fsp3) is 0.273. The van der Waals surface area contributed by atoms with E-state index in [2.05, 4.69) is 11.4 Å². The fourth-order valence-corrected chi connectivity index (χ4v) is 4.57. The maximum absolute atomic E-state index is 14.1. The Hall–Kier alpha value is -3.42. The average Bonchev–Trinajstić information content (AvgIpc) is 3.34. The molecule has 2 aromatic rings. The molecule has 0 radical (unpaired) electrons. The van der Waals surface area contributed by atoms with Gasteiger partial charge in [0.15, 0.2) is 11.6 Å². The highest BCUT2D eigenvalue weighted by Gasteiger charge is 2.42. The first-order valence-corrected chi connectivity index (χ1v) is 9.74. The van der Waals surface area contributed by atoms with Crippen molar-refractivity contribution in [3.05, 3.63) is 65.2 Å². The predicted molar refractivity (Wildman–Crippen MR) is 105 cm³/mol. The van der Waals surface area contributed by atoms with Crippen molar-refractivity contribution in [2.45, 2.75) is 19.0 Å². The van der Waals surface area contributed by atoms with Crippen molar-refractivity contribution in [1.82, 2.24) is 9.80 Å². The molecule has 0 aromatic heterocycles. The van der Waals surface area contributed by atoms with E-state index in [-0.39, 0.29) is 48.0 Å². The van der Waals surface area contributed by atoms with E-state index in [1.807, 2.05) is 12.1 Å². The summed E-state index contributed by atoms with van der Waals surface area (Å²) in [5.41, 5.74) is 2.23. The molecule has 30 heavy (non-hydrogen) atoms. The highest BCUT2D eigenvalue weighted by molar-refractivity contribution is 5.95. The minimum absolute atomic E-state index is 0.0371. The van der Waals surface area contributed by atoms with Gasteiger partial charge in [-0.1, -0.05) is 18.2 Å². The fourth-order valence-electron chi connectivity index (χ4n) is 4.57. The van der Waals surface area contributed by atoms with Crippen LogP contribution in [-0.2, 0) is 11.3 Å². The van der Waals surface area contributed by atoms with E-state index in [0.717, 1.165) is 23.6 Å². The van der Waals surface area contributed by atoms with Crippen LogP contribution in [0.5, 0.6) is 5.75 Å². The largest absolute Gasteiger partial charge is 0.508 e. The maximum Gasteiger partial charge on any atom is 0.322 e. The Morgan fingerprint density at radius 2 is 1.93 bits per heavy atom. The normalized spacial score (nSPS) is 22.1. The van der Waals surface area contributed by atoms with Crippen molar-refractivity contribution in [1.29, 1.82) is 0 Å². The molecule has 2 heterocycles. The number of likely N-dealkylation sites (tertiary alicyclic amines) is 1. The molecule has 2 N–H and O–H groups in total. The molecular weight excluding hydrogens is 392 g/mol. The number of amides is 3. The van der Waals surface area contributed by atoms with Crippen LogP contribution in [0.2, 0.25) is 0 Å². The van der Waals surface area contributed by atoms with Gasteiger partial charge in [0.25, 0.3) is 0 Å². The number of phenolic OH excluding ortho intramolecular Hbond substituents is 1. The zero-order chi connectivity index (χ0) is 21.0. The lowest BCUT2D eigenvalue weighted by atomic mass is 10.00. The molecule has 1 fully saturated rings. The lowest BCUT2D eigenvalue weighted by Crippen LogP contribution is -2.48. The first-order chi connectivity index (χ1) is 14.4. The second kappa shape index (κ2) is 6.83. The van der Waals surface area contributed by atoms with E-state index in [9.17, 15) is 23.5 Å². The minimum atomic E-state index is -1.01. The molecule has 3 aliphatic rings. The molecular formula is C22H19F2N3O3. The number of anilines is 1. The van der Waals surface area contributed by atoms with Crippen LogP contribution in [0.15, 0.2) is 42.5 Å². The Bertz CT molecular complexity index is 1080. The van der Waals surface area contributed by atoms with Gasteiger partial charge in [-0.3, -0.25) is 4.79 Å². The zero-order valence-electron chi connectivity index (χ0n) is 15.9. The van der Waals surface area contributed by atoms with Gasteiger partial charge in [-0.05, 0) is 47.7 Å². The number of nitrogens with one attached hydrogen (secondary N) is 1. The standard InChI is InChI=1S/C22H19F2N3O3/c23-17-5-6-18-16(21(17)24)10-26(22(30)25-18)11-20(29)27-9-12-7-15(19(27)8-12)13-1-3-14(28)4-2-13/h1-7,12,19,28H,8-11H2,(H,25,30)/t12-,19-/m1/s1. The summed E-state index contributed by atoms with van der Waals surface area (Å²) in [5, 5.41) is 12.0. The molecule has 154 valence electrons. The number of hydrogen-bond donors (Lipinski definition) is 2. The monoisotopic (exact) mass is 411 g/mol. The first kappa shape index (κ1) is 18.6. The summed E-state index contributed by atoms with van der Waals surface area (Å²) < 4.78 is 27.7. The van der Waals surface area contributed by atoms with Gasteiger partial charge >= 0.3 is 6.03 Å². The van der Waals surface area contributed by atoms with Crippen LogP contribution in [0, 0.1) is 17.6 Å². The third-order valence-corrected chi connectivity index (χ3v) is 6.03. The van der Waals surface area contributed by atoms with Crippen LogP contribution in [0.3, 0.4) is 0 Å². The third-order valence-electron chi connectivity index (χ3n) is 6.03. The highest BCUT2D eigenvalue weighted by Crippen LogP contribution is 2.42. The Kier molecular flexibility index (Phi) is 4.23. The molecule has 5 rings (SSSR count). The minimum Gasteiger partial charge on any atom is -0.508 e. The van der Waals surface area contributed by atoms with Crippen molar-refractivity contribution in [2.24, 2.45) is 5.92 Å². The topological polar surface area (TPSA) is 72.9 Å². The second-order valence-corrected chi connectivity index (χ2v) is 7.90. The summed E-state index contributed by atoms with van der Waals surface area (Å²) in [4.78, 5) is 28.3. The first-order valence-electron chi connectivity index (χ1n) is 9.74. The molecule has 1 saturated heterocycles. The van der Waals surface area contributed by atoms with Gasteiger partial charge in [0.1, 0.15) is 12.3 Å². The van der Waals surface area contributed by atoms with Crippen LogP contribution in [0.1, 0.15) is 17.5 Å². The Morgan fingerprint density at radius 3 is 2.67 bits per heavy atom. The number of hydrogen-bond acceptors (Lipinski definition) is 3. The van der Waals surface area contributed by atoms with Crippen molar-refractivity contribution < 1.29 is 23.5 Å². The lowest BCUT2D eigenvalue weighted by molar-refractivity contribution is -0.132. The number of aromatic hydroxyl groups is 1. The van der Waals surface area contributed by atoms with E-state index in [4.69, 9.17) is 0 Å². The zero-order valence-corrected chi connectivity index (χ0v) is 15.9. The molecule has 8 heteroatoms. The molecule has 0 spiro atoms. The van der Waals surface area contributed by atoms with Gasteiger partial charge in [0, 0.05) is 12.1 Å². The van der Waals surface area contributed by atoms with Gasteiger partial charge in [-0.2, -0.15) is 0 Å². The number of nitrogens with zero attached hydrogens (tertiary/aromatic N) is 2. The molecule has 2 aromatic carbocycles. The van der Waals surface area contributed by atoms with E-state index in [0.29, 0.717) is 6.54 Å². The van der Waals surface area contributed by atoms with Crippen molar-refractivity contribution in [3.8, 4) is 5.75 Å². The number of carbonyl (C=O) groups is 2. The van der Waals surface area contributed by atoms with Gasteiger partial charge in [-0.25, -0.2) is 13.6 Å². The van der Waals surface area contributed by atoms with Crippen molar-refractivity contribution in [3.63, 3.8) is 0 Å². The number of carbonyl (C=O) groups excluding carboxylic acids is 2. The van der Waals surface area contributed by atoms with Gasteiger partial charge in [0.2, 0.25) is 5.91 Å². The summed E-state index contributed by atoms with van der Waals surface area (Å²) in [6, 6.07) is 8.52. The second-order valence-electron chi connectivity index (χ2n) is 7.90. The predicted octanol–water partition coefficient (Wildman–Crippen LogP) is 3.33. The average molecular weight is 411 g/mol. The number of urea groups is 1. The molecule has 1 aliphatic carbocycles. The van der Waals surface area contributed by atoms with Crippen LogP contribution < -0.4 is 5.32 Å². The highest BCUT2D eigenvalue weighted by atomic mass is 19.2. The van der Waals surface area contributed by atoms with Crippen LogP contribution in [0.4, 0.5) is 19.3 Å². The smallest absolute Gasteiger partial charge is 0.322 e. The van der Waals surface area contributed by atoms with Crippen molar-refractivity contribution >= 4 is 23.2 Å². The molecule has 0 saturated carbocycles. The molecule has 2 atom stereocenters. The lowest BCUT2D eigenvalue weighted by Gasteiger charge is -2.33. The number of fused-ring (bicyclic) bond motifs is 3. The maximum atomic E-state index is 14.1. The summed E-state index contributed by atoms with van der Waals surface area (Å²) in [7, 11) is 0. The summed E-state index contributed by atoms with van der Waals surface area (Å²) >= 11 is 0. The van der Waals surface area contributed by atoms with Crippen LogP contribution in [-0.4, -0.2) is 46.0 Å². The Morgan fingerprint density at radius 1 is 1.17 bits per heavy atom. The summed E-state index contributed by atoms with van der Waals surface area (Å²) in [6.07, 6.45) is 2.97. The molecule has 2 aliphatic heterocycles. The molecule has 6 nitrogen and oxygen atoms in total. The quantitative estimate of drug-likeness (QED) is 0.814. The van der Waals surface area contributed by atoms with Gasteiger partial charge in [-0.15, -0.1) is 0 Å².